The van der Waals surface area contributed by atoms with Crippen LogP contribution in [0.4, 0.5) is 0 Å². The van der Waals surface area contributed by atoms with Gasteiger partial charge in [-0.15, -0.1) is 0 Å². The lowest BCUT2D eigenvalue weighted by Gasteiger charge is -2.22. The molecule has 1 unspecified atom stereocenters. The van der Waals surface area contributed by atoms with Crippen LogP contribution in [0.5, 0.6) is 5.75 Å². The molecular formula is C19H15O2P. The van der Waals surface area contributed by atoms with Gasteiger partial charge in [-0.05, 0) is 24.1 Å². The van der Waals surface area contributed by atoms with Crippen LogP contribution in [0, 0.1) is 6.92 Å². The summed E-state index contributed by atoms with van der Waals surface area (Å²) >= 11 is 0. The predicted molar refractivity (Wildman–Crippen MR) is 91.3 cm³/mol. The quantitative estimate of drug-likeness (QED) is 0.602. The number of benzene rings is 3. The van der Waals surface area contributed by atoms with Gasteiger partial charge in [0.15, 0.2) is 0 Å². The first-order chi connectivity index (χ1) is 10.7. The summed E-state index contributed by atoms with van der Waals surface area (Å²) in [6.07, 6.45) is 0. The molecule has 22 heavy (non-hydrogen) atoms. The molecule has 1 atom stereocenters. The van der Waals surface area contributed by atoms with Crippen molar-refractivity contribution in [2.24, 2.45) is 0 Å². The molecule has 2 nitrogen and oxygen atoms in total. The van der Waals surface area contributed by atoms with Crippen LogP contribution >= 0.6 is 8.03 Å². The van der Waals surface area contributed by atoms with Crippen molar-refractivity contribution in [3.63, 3.8) is 0 Å². The van der Waals surface area contributed by atoms with E-state index in [2.05, 4.69) is 31.2 Å². The van der Waals surface area contributed by atoms with Crippen molar-refractivity contribution < 1.29 is 9.09 Å². The highest BCUT2D eigenvalue weighted by Crippen LogP contribution is 2.47. The minimum absolute atomic E-state index is 0.731. The zero-order chi connectivity index (χ0) is 15.1. The first kappa shape index (κ1) is 13.4. The largest absolute Gasteiger partial charge is 0.440 e. The Hall–Kier alpha value is -2.31. The third kappa shape index (κ3) is 2.08. The summed E-state index contributed by atoms with van der Waals surface area (Å²) in [4.78, 5) is 0. The van der Waals surface area contributed by atoms with Gasteiger partial charge in [0.2, 0.25) is 0 Å². The molecule has 0 amide bonds. The summed E-state index contributed by atoms with van der Waals surface area (Å²) in [5.74, 6) is 0.731. The van der Waals surface area contributed by atoms with E-state index < -0.39 is 8.03 Å². The smallest absolute Gasteiger partial charge is 0.266 e. The highest BCUT2D eigenvalue weighted by Gasteiger charge is 2.24. The summed E-state index contributed by atoms with van der Waals surface area (Å²) in [5, 5.41) is 0.807. The summed E-state index contributed by atoms with van der Waals surface area (Å²) in [6.45, 7) is 2.07. The molecule has 0 spiro atoms. The van der Waals surface area contributed by atoms with E-state index in [-0.39, 0.29) is 0 Å². The Balaban J connectivity index is 1.96. The molecule has 0 aliphatic carbocycles. The van der Waals surface area contributed by atoms with Gasteiger partial charge >= 0.3 is 0 Å². The number of fused-ring (bicyclic) bond motifs is 3. The first-order valence-corrected chi connectivity index (χ1v) is 8.57. The van der Waals surface area contributed by atoms with Crippen LogP contribution in [0.25, 0.3) is 22.3 Å². The third-order valence-electron chi connectivity index (χ3n) is 4.01. The highest BCUT2D eigenvalue weighted by atomic mass is 31.1. The number of rotatable bonds is 1. The van der Waals surface area contributed by atoms with Gasteiger partial charge in [0.25, 0.3) is 8.03 Å². The molecule has 0 saturated heterocycles. The van der Waals surface area contributed by atoms with E-state index >= 15 is 0 Å². The molecule has 3 aromatic rings. The minimum Gasteiger partial charge on any atom is -0.440 e. The SMILES string of the molecule is Cc1ccc(-c2cccc3c2O[PH](=O)c2ccccc2-3)cc1. The maximum atomic E-state index is 12.4. The van der Waals surface area contributed by atoms with Crippen molar-refractivity contribution in [1.82, 2.24) is 0 Å². The van der Waals surface area contributed by atoms with E-state index in [0.717, 1.165) is 33.3 Å². The second-order valence-corrected chi connectivity index (χ2v) is 6.80. The molecule has 0 radical (unpaired) electrons. The molecule has 0 aromatic heterocycles. The average Bonchev–Trinajstić information content (AvgIpc) is 2.56. The second kappa shape index (κ2) is 5.15. The molecule has 1 aliphatic heterocycles. The molecule has 108 valence electrons. The molecule has 0 fully saturated rings. The maximum absolute atomic E-state index is 12.4. The highest BCUT2D eigenvalue weighted by molar-refractivity contribution is 7.49. The fraction of sp³-hybridized carbons (Fsp3) is 0.0526. The van der Waals surface area contributed by atoms with Gasteiger partial charge in [-0.2, -0.15) is 0 Å². The molecular weight excluding hydrogens is 291 g/mol. The van der Waals surface area contributed by atoms with E-state index in [1.165, 1.54) is 5.56 Å². The van der Waals surface area contributed by atoms with E-state index in [1.807, 2.05) is 42.5 Å². The summed E-state index contributed by atoms with van der Waals surface area (Å²) in [7, 11) is -2.25. The monoisotopic (exact) mass is 306 g/mol. The summed E-state index contributed by atoms with van der Waals surface area (Å²) in [5.41, 5.74) is 5.32. The van der Waals surface area contributed by atoms with Crippen molar-refractivity contribution in [2.75, 3.05) is 0 Å². The average molecular weight is 306 g/mol. The van der Waals surface area contributed by atoms with Gasteiger partial charge in [0.1, 0.15) is 5.75 Å². The summed E-state index contributed by atoms with van der Waals surface area (Å²) < 4.78 is 18.3. The molecule has 1 heterocycles. The van der Waals surface area contributed by atoms with Crippen LogP contribution in [0.2, 0.25) is 0 Å². The zero-order valence-electron chi connectivity index (χ0n) is 12.2. The second-order valence-electron chi connectivity index (χ2n) is 5.48. The van der Waals surface area contributed by atoms with Gasteiger partial charge in [0, 0.05) is 11.1 Å². The van der Waals surface area contributed by atoms with Gasteiger partial charge in [-0.25, -0.2) is 0 Å². The van der Waals surface area contributed by atoms with Crippen LogP contribution < -0.4 is 9.83 Å². The fourth-order valence-corrected chi connectivity index (χ4v) is 4.05. The fourth-order valence-electron chi connectivity index (χ4n) is 2.86. The maximum Gasteiger partial charge on any atom is 0.266 e. The van der Waals surface area contributed by atoms with Crippen molar-refractivity contribution in [3.05, 3.63) is 72.3 Å². The number of aryl methyl sites for hydroxylation is 1. The van der Waals surface area contributed by atoms with E-state index in [1.54, 1.807) is 0 Å². The number of para-hydroxylation sites is 1. The molecule has 1 aliphatic rings. The molecule has 4 rings (SSSR count). The third-order valence-corrected chi connectivity index (χ3v) is 5.27. The Kier molecular flexibility index (Phi) is 3.13. The van der Waals surface area contributed by atoms with E-state index in [0.29, 0.717) is 0 Å². The Bertz CT molecular complexity index is 882. The molecule has 3 aromatic carbocycles. The minimum atomic E-state index is -2.25. The van der Waals surface area contributed by atoms with Gasteiger partial charge in [-0.3, -0.25) is 4.57 Å². The van der Waals surface area contributed by atoms with Crippen molar-refractivity contribution >= 4 is 13.3 Å². The van der Waals surface area contributed by atoms with Crippen LogP contribution in [0.3, 0.4) is 0 Å². The van der Waals surface area contributed by atoms with E-state index in [4.69, 9.17) is 4.52 Å². The Morgan fingerprint density at radius 1 is 0.773 bits per heavy atom. The standard InChI is InChI=1S/C19H15O2P/c1-13-9-11-14(12-10-13)15-6-4-7-17-16-5-2-3-8-18(16)22(20)21-19(15)17/h2-12,22H,1H3. The van der Waals surface area contributed by atoms with Crippen LogP contribution in [-0.4, -0.2) is 0 Å². The lowest BCUT2D eigenvalue weighted by molar-refractivity contribution is 0.514. The topological polar surface area (TPSA) is 26.3 Å². The number of hydrogen-bond acceptors (Lipinski definition) is 2. The molecule has 3 heteroatoms. The zero-order valence-corrected chi connectivity index (χ0v) is 13.2. The van der Waals surface area contributed by atoms with Crippen LogP contribution in [0.15, 0.2) is 66.7 Å². The molecule has 0 N–H and O–H groups in total. The van der Waals surface area contributed by atoms with Crippen molar-refractivity contribution in [1.29, 1.82) is 0 Å². The van der Waals surface area contributed by atoms with Gasteiger partial charge < -0.3 is 4.52 Å². The van der Waals surface area contributed by atoms with Crippen LogP contribution in [-0.2, 0) is 4.57 Å². The predicted octanol–water partition coefficient (Wildman–Crippen LogP) is 4.82. The Morgan fingerprint density at radius 3 is 2.27 bits per heavy atom. The van der Waals surface area contributed by atoms with Crippen LogP contribution in [0.1, 0.15) is 5.56 Å². The lowest BCUT2D eigenvalue weighted by atomic mass is 9.97. The normalized spacial score (nSPS) is 15.6. The van der Waals surface area contributed by atoms with Crippen molar-refractivity contribution in [2.45, 2.75) is 6.92 Å². The molecule has 0 bridgehead atoms. The van der Waals surface area contributed by atoms with Crippen molar-refractivity contribution in [3.8, 4) is 28.0 Å². The van der Waals surface area contributed by atoms with E-state index in [9.17, 15) is 4.57 Å². The molecule has 0 saturated carbocycles. The van der Waals surface area contributed by atoms with Gasteiger partial charge in [-0.1, -0.05) is 66.2 Å². The first-order valence-electron chi connectivity index (χ1n) is 7.26. The Morgan fingerprint density at radius 2 is 1.45 bits per heavy atom. The Labute approximate surface area is 130 Å². The van der Waals surface area contributed by atoms with Gasteiger partial charge in [0.05, 0.1) is 5.30 Å². The number of hydrogen-bond donors (Lipinski definition) is 0. The summed E-state index contributed by atoms with van der Waals surface area (Å²) in [6, 6.07) is 22.2. The lowest BCUT2D eigenvalue weighted by Crippen LogP contribution is -2.10.